The molecule has 17 heavy (non-hydrogen) atoms. The van der Waals surface area contributed by atoms with Crippen LogP contribution in [0.15, 0.2) is 23.1 Å². The van der Waals surface area contributed by atoms with Crippen LogP contribution in [-0.4, -0.2) is 11.3 Å². The van der Waals surface area contributed by atoms with Crippen molar-refractivity contribution in [3.05, 3.63) is 28.2 Å². The minimum absolute atomic E-state index is 0.331. The number of hydrogen-bond donors (Lipinski definition) is 1. The number of rotatable bonds is 4. The molecule has 1 fully saturated rings. The average molecular weight is 287 g/mol. The van der Waals surface area contributed by atoms with Gasteiger partial charge in [-0.25, -0.2) is 0 Å². The first-order valence-electron chi connectivity index (χ1n) is 5.33. The Bertz CT molecular complexity index is 468. The van der Waals surface area contributed by atoms with Crippen LogP contribution in [0.25, 0.3) is 0 Å². The van der Waals surface area contributed by atoms with Gasteiger partial charge in [0.15, 0.2) is 0 Å². The first kappa shape index (κ1) is 13.0. The van der Waals surface area contributed by atoms with Gasteiger partial charge in [0, 0.05) is 15.7 Å². The van der Waals surface area contributed by atoms with E-state index in [-0.39, 0.29) is 0 Å². The first-order chi connectivity index (χ1) is 8.05. The average Bonchev–Trinajstić information content (AvgIpc) is 3.14. The zero-order chi connectivity index (χ0) is 12.5. The number of hydrogen-bond acceptors (Lipinski definition) is 3. The Hall–Kier alpha value is -0.400. The maximum Gasteiger partial charge on any atom is 0.116 e. The molecule has 0 heterocycles. The van der Waals surface area contributed by atoms with E-state index in [1.54, 1.807) is 18.2 Å². The summed E-state index contributed by atoms with van der Waals surface area (Å²) >= 11 is 13.5. The molecule has 1 aromatic carbocycles. The molecule has 0 bridgehead atoms. The summed E-state index contributed by atoms with van der Waals surface area (Å²) in [5.74, 6) is 0.881. The summed E-state index contributed by atoms with van der Waals surface area (Å²) in [4.78, 5) is 0.880. The Kier molecular flexibility index (Phi) is 3.89. The van der Waals surface area contributed by atoms with Gasteiger partial charge in [-0.2, -0.15) is 5.26 Å². The van der Waals surface area contributed by atoms with Gasteiger partial charge < -0.3 is 5.73 Å². The Labute approximate surface area is 115 Å². The molecule has 90 valence electrons. The molecule has 1 aliphatic carbocycles. The number of nitriles is 1. The van der Waals surface area contributed by atoms with Crippen LogP contribution in [0.1, 0.15) is 12.8 Å². The van der Waals surface area contributed by atoms with Crippen LogP contribution in [0.4, 0.5) is 0 Å². The molecular weight excluding hydrogens is 275 g/mol. The lowest BCUT2D eigenvalue weighted by molar-refractivity contribution is 0.532. The van der Waals surface area contributed by atoms with Gasteiger partial charge in [0.05, 0.1) is 11.1 Å². The van der Waals surface area contributed by atoms with Crippen molar-refractivity contribution in [3.8, 4) is 6.07 Å². The van der Waals surface area contributed by atoms with E-state index < -0.39 is 5.54 Å². The smallest absolute Gasteiger partial charge is 0.116 e. The number of benzene rings is 1. The van der Waals surface area contributed by atoms with E-state index in [9.17, 15) is 0 Å². The van der Waals surface area contributed by atoms with E-state index in [0.29, 0.717) is 21.7 Å². The third-order valence-corrected chi connectivity index (χ3v) is 4.82. The number of thioether (sulfide) groups is 1. The normalized spacial score (nSPS) is 18.5. The molecular formula is C12H12Cl2N2S. The Morgan fingerprint density at radius 1 is 1.47 bits per heavy atom. The second-order valence-corrected chi connectivity index (χ2v) is 6.15. The zero-order valence-electron chi connectivity index (χ0n) is 9.12. The van der Waals surface area contributed by atoms with E-state index in [4.69, 9.17) is 34.2 Å². The third kappa shape index (κ3) is 3.08. The second-order valence-electron chi connectivity index (χ2n) is 4.29. The SMILES string of the molecule is N#CC(N)(CSc1cc(Cl)ccc1Cl)C1CC1. The molecule has 1 saturated carbocycles. The first-order valence-corrected chi connectivity index (χ1v) is 7.07. The van der Waals surface area contributed by atoms with Crippen LogP contribution in [0.2, 0.25) is 10.0 Å². The predicted molar refractivity (Wildman–Crippen MR) is 72.4 cm³/mol. The quantitative estimate of drug-likeness (QED) is 0.859. The van der Waals surface area contributed by atoms with Gasteiger partial charge in [-0.15, -0.1) is 11.8 Å². The number of nitrogens with two attached hydrogens (primary N) is 1. The van der Waals surface area contributed by atoms with Gasteiger partial charge in [-0.3, -0.25) is 0 Å². The molecule has 0 amide bonds. The summed E-state index contributed by atoms with van der Waals surface area (Å²) in [6.45, 7) is 0. The van der Waals surface area contributed by atoms with E-state index in [1.165, 1.54) is 11.8 Å². The van der Waals surface area contributed by atoms with Crippen molar-refractivity contribution in [1.82, 2.24) is 0 Å². The highest BCUT2D eigenvalue weighted by Gasteiger charge is 2.42. The summed E-state index contributed by atoms with van der Waals surface area (Å²) in [6.07, 6.45) is 2.10. The maximum absolute atomic E-state index is 9.15. The largest absolute Gasteiger partial charge is 0.312 e. The molecule has 1 unspecified atom stereocenters. The van der Waals surface area contributed by atoms with Crippen molar-refractivity contribution < 1.29 is 0 Å². The van der Waals surface area contributed by atoms with Crippen molar-refractivity contribution in [2.75, 3.05) is 5.75 Å². The highest BCUT2D eigenvalue weighted by Crippen LogP contribution is 2.41. The molecule has 1 aliphatic rings. The minimum atomic E-state index is -0.740. The van der Waals surface area contributed by atoms with Crippen LogP contribution in [0, 0.1) is 17.2 Å². The number of nitrogens with zero attached hydrogens (tertiary/aromatic N) is 1. The fourth-order valence-corrected chi connectivity index (χ4v) is 3.25. The van der Waals surface area contributed by atoms with Crippen LogP contribution in [0.5, 0.6) is 0 Å². The van der Waals surface area contributed by atoms with Crippen LogP contribution < -0.4 is 5.73 Å². The van der Waals surface area contributed by atoms with Crippen molar-refractivity contribution >= 4 is 35.0 Å². The van der Waals surface area contributed by atoms with Crippen LogP contribution in [0.3, 0.4) is 0 Å². The molecule has 2 N–H and O–H groups in total. The van der Waals surface area contributed by atoms with Crippen LogP contribution in [-0.2, 0) is 0 Å². The van der Waals surface area contributed by atoms with E-state index in [0.717, 1.165) is 17.7 Å². The minimum Gasteiger partial charge on any atom is -0.312 e. The molecule has 0 spiro atoms. The highest BCUT2D eigenvalue weighted by atomic mass is 35.5. The maximum atomic E-state index is 9.15. The summed E-state index contributed by atoms with van der Waals surface area (Å²) in [5.41, 5.74) is 5.34. The fraction of sp³-hybridized carbons (Fsp3) is 0.417. The standard InChI is InChI=1S/C12H12Cl2N2S/c13-9-3-4-10(14)11(5-9)17-7-12(16,6-15)8-1-2-8/h3-5,8H,1-2,7,16H2. The summed E-state index contributed by atoms with van der Waals surface area (Å²) < 4.78 is 0. The zero-order valence-corrected chi connectivity index (χ0v) is 11.4. The lowest BCUT2D eigenvalue weighted by Crippen LogP contribution is -2.43. The van der Waals surface area contributed by atoms with Crippen LogP contribution >= 0.6 is 35.0 Å². The van der Waals surface area contributed by atoms with Crippen molar-refractivity contribution in [3.63, 3.8) is 0 Å². The monoisotopic (exact) mass is 286 g/mol. The lowest BCUT2D eigenvalue weighted by Gasteiger charge is -2.20. The molecule has 1 aromatic rings. The molecule has 1 atom stereocenters. The Morgan fingerprint density at radius 3 is 2.76 bits per heavy atom. The highest BCUT2D eigenvalue weighted by molar-refractivity contribution is 7.99. The van der Waals surface area contributed by atoms with Crippen molar-refractivity contribution in [2.24, 2.45) is 11.7 Å². The van der Waals surface area contributed by atoms with E-state index in [1.807, 2.05) is 0 Å². The molecule has 5 heteroatoms. The van der Waals surface area contributed by atoms with Gasteiger partial charge in [-0.1, -0.05) is 23.2 Å². The molecule has 2 nitrogen and oxygen atoms in total. The number of halogens is 2. The van der Waals surface area contributed by atoms with Gasteiger partial charge in [-0.05, 0) is 37.0 Å². The summed E-state index contributed by atoms with van der Waals surface area (Å²) in [5, 5.41) is 10.4. The van der Waals surface area contributed by atoms with Gasteiger partial charge >= 0.3 is 0 Å². The Balaban J connectivity index is 2.06. The third-order valence-electron chi connectivity index (χ3n) is 2.87. The van der Waals surface area contributed by atoms with Gasteiger partial charge in [0.25, 0.3) is 0 Å². The van der Waals surface area contributed by atoms with Gasteiger partial charge in [0.1, 0.15) is 5.54 Å². The molecule has 2 rings (SSSR count). The summed E-state index contributed by atoms with van der Waals surface area (Å²) in [7, 11) is 0. The second kappa shape index (κ2) is 5.07. The van der Waals surface area contributed by atoms with E-state index >= 15 is 0 Å². The fourth-order valence-electron chi connectivity index (χ4n) is 1.62. The predicted octanol–water partition coefficient (Wildman–Crippen LogP) is 3.72. The molecule has 0 aromatic heterocycles. The molecule has 0 aliphatic heterocycles. The summed E-state index contributed by atoms with van der Waals surface area (Å²) in [6, 6.07) is 7.53. The lowest BCUT2D eigenvalue weighted by atomic mass is 10.00. The Morgan fingerprint density at radius 2 is 2.18 bits per heavy atom. The van der Waals surface area contributed by atoms with Crippen molar-refractivity contribution in [1.29, 1.82) is 5.26 Å². The van der Waals surface area contributed by atoms with Crippen molar-refractivity contribution in [2.45, 2.75) is 23.3 Å². The van der Waals surface area contributed by atoms with Gasteiger partial charge in [0.2, 0.25) is 0 Å². The topological polar surface area (TPSA) is 49.8 Å². The molecule has 0 saturated heterocycles. The van der Waals surface area contributed by atoms with E-state index in [2.05, 4.69) is 6.07 Å². The molecule has 0 radical (unpaired) electrons.